The van der Waals surface area contributed by atoms with Crippen molar-refractivity contribution in [2.24, 2.45) is 0 Å². The van der Waals surface area contributed by atoms with Crippen LogP contribution in [-0.4, -0.2) is 53.0 Å². The van der Waals surface area contributed by atoms with E-state index in [0.717, 1.165) is 19.5 Å². The van der Waals surface area contributed by atoms with Crippen LogP contribution in [0.15, 0.2) is 0 Å². The number of hydrogen-bond acceptors (Lipinski definition) is 7. The van der Waals surface area contributed by atoms with Crippen LogP contribution in [0.1, 0.15) is 26.0 Å². The molecule has 1 unspecified atom stereocenters. The normalized spacial score (nSPS) is 12.3. The molecule has 1 heterocycles. The Morgan fingerprint density at radius 3 is 2.57 bits per heavy atom. The van der Waals surface area contributed by atoms with Gasteiger partial charge in [0.15, 0.2) is 0 Å². The van der Waals surface area contributed by atoms with E-state index in [9.17, 15) is 10.1 Å². The second-order valence-electron chi connectivity index (χ2n) is 5.32. The molecule has 0 spiro atoms. The first-order valence-electron chi connectivity index (χ1n) is 7.03. The van der Waals surface area contributed by atoms with Crippen molar-refractivity contribution < 1.29 is 4.92 Å². The van der Waals surface area contributed by atoms with Crippen LogP contribution in [0.3, 0.4) is 0 Å². The average Bonchev–Trinajstić information content (AvgIpc) is 2.34. The lowest BCUT2D eigenvalue weighted by molar-refractivity contribution is -0.385. The maximum absolute atomic E-state index is 11.2. The standard InChI is InChI=1S/C13H24N6O2/c1-6-7-14-13-16-10(3)11(19(20)21)12(17-13)15-9(2)8-18(4)5/h9H,6-8H2,1-5H3,(H2,14,15,16,17). The molecule has 0 bridgehead atoms. The molecule has 1 atom stereocenters. The zero-order chi connectivity index (χ0) is 16.0. The van der Waals surface area contributed by atoms with Gasteiger partial charge in [-0.2, -0.15) is 4.98 Å². The number of rotatable bonds is 8. The zero-order valence-electron chi connectivity index (χ0n) is 13.3. The Morgan fingerprint density at radius 1 is 1.38 bits per heavy atom. The lowest BCUT2D eigenvalue weighted by atomic mass is 10.3. The minimum Gasteiger partial charge on any atom is -0.360 e. The predicted molar refractivity (Wildman–Crippen MR) is 83.8 cm³/mol. The Balaban J connectivity index is 3.06. The summed E-state index contributed by atoms with van der Waals surface area (Å²) >= 11 is 0. The van der Waals surface area contributed by atoms with Gasteiger partial charge in [0.05, 0.1) is 4.92 Å². The minimum absolute atomic E-state index is 0.0343. The Kier molecular flexibility index (Phi) is 6.29. The second-order valence-corrected chi connectivity index (χ2v) is 5.32. The highest BCUT2D eigenvalue weighted by Crippen LogP contribution is 2.27. The van der Waals surface area contributed by atoms with Gasteiger partial charge in [0.1, 0.15) is 5.69 Å². The largest absolute Gasteiger partial charge is 0.360 e. The van der Waals surface area contributed by atoms with Crippen molar-refractivity contribution in [3.05, 3.63) is 15.8 Å². The number of hydrogen-bond donors (Lipinski definition) is 2. The van der Waals surface area contributed by atoms with Gasteiger partial charge >= 0.3 is 5.69 Å². The van der Waals surface area contributed by atoms with Gasteiger partial charge in [-0.05, 0) is 34.4 Å². The molecule has 8 nitrogen and oxygen atoms in total. The maximum Gasteiger partial charge on any atom is 0.332 e. The van der Waals surface area contributed by atoms with E-state index in [4.69, 9.17) is 0 Å². The molecule has 8 heteroatoms. The van der Waals surface area contributed by atoms with Crippen LogP contribution >= 0.6 is 0 Å². The van der Waals surface area contributed by atoms with Crippen LogP contribution < -0.4 is 10.6 Å². The van der Waals surface area contributed by atoms with Crippen molar-refractivity contribution in [2.45, 2.75) is 33.2 Å². The fourth-order valence-corrected chi connectivity index (χ4v) is 2.03. The van der Waals surface area contributed by atoms with Gasteiger partial charge in [-0.1, -0.05) is 6.92 Å². The van der Waals surface area contributed by atoms with Crippen LogP contribution in [-0.2, 0) is 0 Å². The molecule has 0 aromatic carbocycles. The van der Waals surface area contributed by atoms with Crippen molar-refractivity contribution in [1.82, 2.24) is 14.9 Å². The molecule has 0 fully saturated rings. The number of aryl methyl sites for hydroxylation is 1. The van der Waals surface area contributed by atoms with Crippen molar-refractivity contribution in [3.8, 4) is 0 Å². The number of nitrogens with one attached hydrogen (secondary N) is 2. The van der Waals surface area contributed by atoms with E-state index in [1.807, 2.05) is 32.8 Å². The molecule has 0 radical (unpaired) electrons. The van der Waals surface area contributed by atoms with Crippen molar-refractivity contribution >= 4 is 17.5 Å². The lowest BCUT2D eigenvalue weighted by Gasteiger charge is -2.19. The van der Waals surface area contributed by atoms with Gasteiger partial charge < -0.3 is 15.5 Å². The van der Waals surface area contributed by atoms with Gasteiger partial charge in [-0.3, -0.25) is 10.1 Å². The smallest absolute Gasteiger partial charge is 0.332 e. The van der Waals surface area contributed by atoms with Gasteiger partial charge in [-0.15, -0.1) is 0 Å². The third kappa shape index (κ3) is 5.14. The number of nitrogens with zero attached hydrogens (tertiary/aromatic N) is 4. The van der Waals surface area contributed by atoms with Crippen LogP contribution in [0.25, 0.3) is 0 Å². The van der Waals surface area contributed by atoms with Crippen LogP contribution in [0.2, 0.25) is 0 Å². The molecule has 0 aliphatic carbocycles. The molecule has 21 heavy (non-hydrogen) atoms. The van der Waals surface area contributed by atoms with Crippen molar-refractivity contribution in [3.63, 3.8) is 0 Å². The first kappa shape index (κ1) is 17.1. The predicted octanol–water partition coefficient (Wildman–Crippen LogP) is 1.88. The van der Waals surface area contributed by atoms with E-state index in [2.05, 4.69) is 20.6 Å². The molecular formula is C13H24N6O2. The van der Waals surface area contributed by atoms with Crippen LogP contribution in [0, 0.1) is 17.0 Å². The highest BCUT2D eigenvalue weighted by Gasteiger charge is 2.23. The summed E-state index contributed by atoms with van der Waals surface area (Å²) in [7, 11) is 3.90. The molecule has 0 aliphatic heterocycles. The Morgan fingerprint density at radius 2 is 2.05 bits per heavy atom. The highest BCUT2D eigenvalue weighted by molar-refractivity contribution is 5.61. The van der Waals surface area contributed by atoms with E-state index in [1.165, 1.54) is 0 Å². The van der Waals surface area contributed by atoms with Crippen molar-refractivity contribution in [1.29, 1.82) is 0 Å². The summed E-state index contributed by atoms with van der Waals surface area (Å²) < 4.78 is 0. The van der Waals surface area contributed by atoms with Crippen LogP contribution in [0.5, 0.6) is 0 Å². The molecule has 118 valence electrons. The molecule has 0 aliphatic rings. The van der Waals surface area contributed by atoms with Gasteiger partial charge in [0, 0.05) is 19.1 Å². The summed E-state index contributed by atoms with van der Waals surface area (Å²) in [5.74, 6) is 0.681. The quantitative estimate of drug-likeness (QED) is 0.558. The van der Waals surface area contributed by atoms with E-state index >= 15 is 0 Å². The fourth-order valence-electron chi connectivity index (χ4n) is 2.03. The summed E-state index contributed by atoms with van der Waals surface area (Å²) in [5.41, 5.74) is 0.288. The Bertz CT molecular complexity index is 492. The number of aromatic nitrogens is 2. The van der Waals surface area contributed by atoms with E-state index < -0.39 is 4.92 Å². The van der Waals surface area contributed by atoms with Crippen molar-refractivity contribution in [2.75, 3.05) is 37.8 Å². The first-order valence-corrected chi connectivity index (χ1v) is 7.03. The molecule has 1 rings (SSSR count). The summed E-state index contributed by atoms with van der Waals surface area (Å²) in [6.45, 7) is 7.09. The van der Waals surface area contributed by atoms with Crippen LogP contribution in [0.4, 0.5) is 17.5 Å². The van der Waals surface area contributed by atoms with E-state index in [0.29, 0.717) is 11.6 Å². The molecule has 1 aromatic rings. The van der Waals surface area contributed by atoms with Gasteiger partial charge in [0.2, 0.25) is 11.8 Å². The van der Waals surface area contributed by atoms with Gasteiger partial charge in [0.25, 0.3) is 0 Å². The summed E-state index contributed by atoms with van der Waals surface area (Å²) in [6.07, 6.45) is 0.930. The molecule has 0 amide bonds. The molecule has 2 N–H and O–H groups in total. The number of anilines is 2. The Labute approximate surface area is 125 Å². The summed E-state index contributed by atoms with van der Waals surface area (Å²) in [6, 6.07) is 0.0343. The number of nitro groups is 1. The Hall–Kier alpha value is -1.96. The van der Waals surface area contributed by atoms with Gasteiger partial charge in [-0.25, -0.2) is 4.98 Å². The molecule has 0 saturated heterocycles. The average molecular weight is 296 g/mol. The molecular weight excluding hydrogens is 272 g/mol. The second kappa shape index (κ2) is 7.72. The third-order valence-electron chi connectivity index (χ3n) is 2.80. The monoisotopic (exact) mass is 296 g/mol. The maximum atomic E-state index is 11.2. The summed E-state index contributed by atoms with van der Waals surface area (Å²) in [5, 5.41) is 17.4. The molecule has 1 aromatic heterocycles. The lowest BCUT2D eigenvalue weighted by Crippen LogP contribution is -2.30. The number of likely N-dealkylation sites (N-methyl/N-ethyl adjacent to an activating group) is 1. The SMILES string of the molecule is CCCNc1nc(C)c([N+](=O)[O-])c(NC(C)CN(C)C)n1. The third-order valence-corrected chi connectivity index (χ3v) is 2.80. The topological polar surface area (TPSA) is 96.2 Å². The minimum atomic E-state index is -0.441. The molecule has 0 saturated carbocycles. The highest BCUT2D eigenvalue weighted by atomic mass is 16.6. The first-order chi connectivity index (χ1) is 9.85. The van der Waals surface area contributed by atoms with E-state index in [1.54, 1.807) is 6.92 Å². The summed E-state index contributed by atoms with van der Waals surface area (Å²) in [4.78, 5) is 21.2. The van der Waals surface area contributed by atoms with E-state index in [-0.39, 0.29) is 17.5 Å². The zero-order valence-corrected chi connectivity index (χ0v) is 13.3. The fraction of sp³-hybridized carbons (Fsp3) is 0.692.